The molecule has 19 heavy (non-hydrogen) atoms. The maximum atomic E-state index is 11.8. The minimum absolute atomic E-state index is 0.0261. The van der Waals surface area contributed by atoms with E-state index in [9.17, 15) is 9.59 Å². The van der Waals surface area contributed by atoms with E-state index in [2.05, 4.69) is 10.5 Å². The number of carboxylic acids is 1. The van der Waals surface area contributed by atoms with Crippen LogP contribution in [0.15, 0.2) is 10.6 Å². The number of carbonyl (C=O) groups is 2. The molecule has 7 nitrogen and oxygen atoms in total. The fourth-order valence-corrected chi connectivity index (χ4v) is 1.62. The zero-order valence-corrected chi connectivity index (χ0v) is 11.6. The van der Waals surface area contributed by atoms with E-state index < -0.39 is 11.5 Å². The second-order valence-corrected chi connectivity index (χ2v) is 4.75. The van der Waals surface area contributed by atoms with E-state index in [0.717, 1.165) is 0 Å². The summed E-state index contributed by atoms with van der Waals surface area (Å²) in [6.07, 6.45) is 0. The lowest BCUT2D eigenvalue weighted by atomic mass is 10.0. The first kappa shape index (κ1) is 15.2. The molecule has 0 bridgehead atoms. The fourth-order valence-electron chi connectivity index (χ4n) is 1.62. The Hall–Kier alpha value is -1.89. The van der Waals surface area contributed by atoms with Crippen molar-refractivity contribution in [3.8, 4) is 0 Å². The highest BCUT2D eigenvalue weighted by Gasteiger charge is 2.34. The maximum absolute atomic E-state index is 11.8. The second-order valence-electron chi connectivity index (χ2n) is 4.75. The summed E-state index contributed by atoms with van der Waals surface area (Å²) in [6.45, 7) is 7.07. The molecule has 1 rings (SSSR count). The van der Waals surface area contributed by atoms with Crippen LogP contribution >= 0.6 is 0 Å². The molecule has 0 aliphatic heterocycles. The quantitative estimate of drug-likeness (QED) is 0.803. The van der Waals surface area contributed by atoms with Gasteiger partial charge in [0.1, 0.15) is 11.3 Å². The molecule has 0 atom stereocenters. The SMILES string of the molecule is CCN(CC(=O)Nc1cc(C)on1)C(C)(C)C(=O)O. The molecule has 0 aliphatic rings. The molecule has 0 unspecified atom stereocenters. The van der Waals surface area contributed by atoms with Crippen molar-refractivity contribution in [3.05, 3.63) is 11.8 Å². The highest BCUT2D eigenvalue weighted by molar-refractivity contribution is 5.92. The van der Waals surface area contributed by atoms with Gasteiger partial charge in [-0.25, -0.2) is 0 Å². The van der Waals surface area contributed by atoms with E-state index in [0.29, 0.717) is 18.1 Å². The van der Waals surface area contributed by atoms with Crippen molar-refractivity contribution in [1.29, 1.82) is 0 Å². The van der Waals surface area contributed by atoms with E-state index in [4.69, 9.17) is 9.63 Å². The van der Waals surface area contributed by atoms with Gasteiger partial charge in [-0.1, -0.05) is 12.1 Å². The Kier molecular flexibility index (Phi) is 4.66. The summed E-state index contributed by atoms with van der Waals surface area (Å²) in [5, 5.41) is 15.4. The Morgan fingerprint density at radius 3 is 2.58 bits per heavy atom. The number of aromatic nitrogens is 1. The lowest BCUT2D eigenvalue weighted by Gasteiger charge is -2.33. The van der Waals surface area contributed by atoms with Crippen molar-refractivity contribution >= 4 is 17.7 Å². The van der Waals surface area contributed by atoms with Crippen molar-refractivity contribution in [3.63, 3.8) is 0 Å². The highest BCUT2D eigenvalue weighted by atomic mass is 16.5. The Labute approximate surface area is 111 Å². The Bertz CT molecular complexity index is 467. The highest BCUT2D eigenvalue weighted by Crippen LogP contribution is 2.14. The van der Waals surface area contributed by atoms with Gasteiger partial charge in [0.05, 0.1) is 6.54 Å². The van der Waals surface area contributed by atoms with Crippen LogP contribution in [0.5, 0.6) is 0 Å². The molecule has 1 heterocycles. The third-order valence-electron chi connectivity index (χ3n) is 2.93. The van der Waals surface area contributed by atoms with Gasteiger partial charge in [-0.3, -0.25) is 14.5 Å². The van der Waals surface area contributed by atoms with E-state index >= 15 is 0 Å². The minimum atomic E-state index is -1.11. The second kappa shape index (κ2) is 5.83. The summed E-state index contributed by atoms with van der Waals surface area (Å²) in [4.78, 5) is 24.6. The third kappa shape index (κ3) is 3.78. The number of hydrogen-bond acceptors (Lipinski definition) is 5. The van der Waals surface area contributed by atoms with Crippen LogP contribution in [0.2, 0.25) is 0 Å². The number of likely N-dealkylation sites (N-methyl/N-ethyl adjacent to an activating group) is 1. The molecule has 0 saturated heterocycles. The van der Waals surface area contributed by atoms with Gasteiger partial charge in [-0.15, -0.1) is 0 Å². The smallest absolute Gasteiger partial charge is 0.323 e. The van der Waals surface area contributed by atoms with Crippen LogP contribution in [-0.2, 0) is 9.59 Å². The molecule has 0 aromatic carbocycles. The topological polar surface area (TPSA) is 95.7 Å². The van der Waals surface area contributed by atoms with Gasteiger partial charge in [0.25, 0.3) is 0 Å². The number of aliphatic carboxylic acids is 1. The van der Waals surface area contributed by atoms with Gasteiger partial charge in [-0.2, -0.15) is 0 Å². The van der Waals surface area contributed by atoms with E-state index in [1.54, 1.807) is 38.7 Å². The van der Waals surface area contributed by atoms with Gasteiger partial charge in [0.2, 0.25) is 5.91 Å². The van der Waals surface area contributed by atoms with E-state index in [1.165, 1.54) is 0 Å². The number of aryl methyl sites for hydroxylation is 1. The Morgan fingerprint density at radius 1 is 1.53 bits per heavy atom. The standard InChI is InChI=1S/C12H19N3O4/c1-5-15(12(3,4)11(17)18)7-10(16)13-9-6-8(2)19-14-9/h6H,5,7H2,1-4H3,(H,17,18)(H,13,14,16). The summed E-state index contributed by atoms with van der Waals surface area (Å²) in [5.74, 6) is -0.385. The predicted molar refractivity (Wildman–Crippen MR) is 68.8 cm³/mol. The number of hydrogen-bond donors (Lipinski definition) is 2. The van der Waals surface area contributed by atoms with E-state index in [-0.39, 0.29) is 12.5 Å². The molecule has 1 amide bonds. The number of rotatable bonds is 6. The van der Waals surface area contributed by atoms with Crippen LogP contribution in [0.4, 0.5) is 5.82 Å². The molecule has 1 aromatic heterocycles. The average molecular weight is 269 g/mol. The normalized spacial score (nSPS) is 11.6. The van der Waals surface area contributed by atoms with Crippen LogP contribution in [0.3, 0.4) is 0 Å². The van der Waals surface area contributed by atoms with Gasteiger partial charge < -0.3 is 14.9 Å². The maximum Gasteiger partial charge on any atom is 0.323 e. The summed E-state index contributed by atoms with van der Waals surface area (Å²) in [7, 11) is 0. The first-order valence-corrected chi connectivity index (χ1v) is 5.99. The average Bonchev–Trinajstić information content (AvgIpc) is 2.71. The van der Waals surface area contributed by atoms with Gasteiger partial charge in [-0.05, 0) is 27.3 Å². The molecule has 1 aromatic rings. The molecular weight excluding hydrogens is 250 g/mol. The van der Waals surface area contributed by atoms with Gasteiger partial charge in [0, 0.05) is 6.07 Å². The lowest BCUT2D eigenvalue weighted by molar-refractivity contribution is -0.149. The number of amides is 1. The molecule has 0 spiro atoms. The van der Waals surface area contributed by atoms with Crippen LogP contribution in [0.25, 0.3) is 0 Å². The largest absolute Gasteiger partial charge is 0.480 e. The number of nitrogens with one attached hydrogen (secondary N) is 1. The van der Waals surface area contributed by atoms with Crippen LogP contribution in [0.1, 0.15) is 26.5 Å². The summed E-state index contributed by atoms with van der Waals surface area (Å²) >= 11 is 0. The molecular formula is C12H19N3O4. The molecule has 2 N–H and O–H groups in total. The summed E-state index contributed by atoms with van der Waals surface area (Å²) < 4.78 is 4.83. The number of carbonyl (C=O) groups excluding carboxylic acids is 1. The molecule has 0 aliphatic carbocycles. The van der Waals surface area contributed by atoms with Gasteiger partial charge >= 0.3 is 5.97 Å². The monoisotopic (exact) mass is 269 g/mol. The summed E-state index contributed by atoms with van der Waals surface area (Å²) in [6, 6.07) is 1.59. The zero-order chi connectivity index (χ0) is 14.6. The lowest BCUT2D eigenvalue weighted by Crippen LogP contribution is -2.52. The van der Waals surface area contributed by atoms with Crippen molar-refractivity contribution in [2.75, 3.05) is 18.4 Å². The van der Waals surface area contributed by atoms with Crippen molar-refractivity contribution in [2.45, 2.75) is 33.2 Å². The Morgan fingerprint density at radius 2 is 2.16 bits per heavy atom. The van der Waals surface area contributed by atoms with Crippen molar-refractivity contribution in [1.82, 2.24) is 10.1 Å². The van der Waals surface area contributed by atoms with Gasteiger partial charge in [0.15, 0.2) is 5.82 Å². The first-order chi connectivity index (χ1) is 8.77. The number of nitrogens with zero attached hydrogens (tertiary/aromatic N) is 2. The first-order valence-electron chi connectivity index (χ1n) is 5.99. The summed E-state index contributed by atoms with van der Waals surface area (Å²) in [5.41, 5.74) is -1.11. The molecule has 0 saturated carbocycles. The fraction of sp³-hybridized carbons (Fsp3) is 0.583. The van der Waals surface area contributed by atoms with Crippen molar-refractivity contribution in [2.24, 2.45) is 0 Å². The predicted octanol–water partition coefficient (Wildman–Crippen LogP) is 1.11. The van der Waals surface area contributed by atoms with Crippen LogP contribution in [-0.4, -0.2) is 45.7 Å². The molecule has 0 fully saturated rings. The minimum Gasteiger partial charge on any atom is -0.480 e. The van der Waals surface area contributed by atoms with Crippen molar-refractivity contribution < 1.29 is 19.2 Å². The number of anilines is 1. The molecule has 7 heteroatoms. The number of carboxylic acid groups (broad SMARTS) is 1. The third-order valence-corrected chi connectivity index (χ3v) is 2.93. The Balaban J connectivity index is 2.66. The van der Waals surface area contributed by atoms with Crippen LogP contribution in [0, 0.1) is 6.92 Å². The molecule has 106 valence electrons. The van der Waals surface area contributed by atoms with E-state index in [1.807, 2.05) is 0 Å². The molecule has 0 radical (unpaired) electrons. The van der Waals surface area contributed by atoms with Crippen LogP contribution < -0.4 is 5.32 Å². The zero-order valence-electron chi connectivity index (χ0n) is 11.6.